The third-order valence-corrected chi connectivity index (χ3v) is 8.42. The van der Waals surface area contributed by atoms with E-state index in [-0.39, 0.29) is 11.5 Å². The Bertz CT molecular complexity index is 1210. The lowest BCUT2D eigenvalue weighted by molar-refractivity contribution is -0.122. The van der Waals surface area contributed by atoms with Crippen molar-refractivity contribution >= 4 is 51.7 Å². The van der Waals surface area contributed by atoms with E-state index in [1.807, 2.05) is 25.3 Å². The van der Waals surface area contributed by atoms with Crippen LogP contribution in [0.3, 0.4) is 0 Å². The maximum Gasteiger partial charge on any atom is 0.267 e. The number of thioether (sulfide) groups is 1. The van der Waals surface area contributed by atoms with Gasteiger partial charge < -0.3 is 4.90 Å². The number of anilines is 1. The van der Waals surface area contributed by atoms with Gasteiger partial charge in [-0.2, -0.15) is 0 Å². The molecule has 0 aliphatic carbocycles. The summed E-state index contributed by atoms with van der Waals surface area (Å²) in [6, 6.07) is 3.86. The van der Waals surface area contributed by atoms with Gasteiger partial charge in [0.25, 0.3) is 11.5 Å². The monoisotopic (exact) mass is 526 g/mol. The third-order valence-electron chi connectivity index (χ3n) is 7.04. The Labute approximate surface area is 224 Å². The summed E-state index contributed by atoms with van der Waals surface area (Å²) in [4.78, 5) is 36.4. The lowest BCUT2D eigenvalue weighted by Gasteiger charge is -2.36. The van der Waals surface area contributed by atoms with Crippen LogP contribution in [-0.4, -0.2) is 44.1 Å². The molecule has 0 aromatic carbocycles. The molecule has 1 amide bonds. The number of thiocarbonyl (C=S) groups is 1. The van der Waals surface area contributed by atoms with Crippen molar-refractivity contribution in [2.45, 2.75) is 72.6 Å². The van der Waals surface area contributed by atoms with Crippen molar-refractivity contribution in [2.75, 3.05) is 24.5 Å². The molecule has 2 aliphatic heterocycles. The van der Waals surface area contributed by atoms with Crippen molar-refractivity contribution in [3.05, 3.63) is 44.7 Å². The van der Waals surface area contributed by atoms with Gasteiger partial charge in [-0.05, 0) is 49.3 Å². The van der Waals surface area contributed by atoms with Gasteiger partial charge in [0.2, 0.25) is 0 Å². The molecule has 0 radical (unpaired) electrons. The minimum atomic E-state index is -0.147. The molecule has 0 N–H and O–H groups in total. The Hall–Kier alpha value is -2.19. The highest BCUT2D eigenvalue weighted by atomic mass is 32.2. The summed E-state index contributed by atoms with van der Waals surface area (Å²) in [5.41, 5.74) is 1.93. The molecule has 2 aromatic rings. The Morgan fingerprint density at radius 2 is 1.78 bits per heavy atom. The average Bonchev–Trinajstić information content (AvgIpc) is 3.09. The normalized spacial score (nSPS) is 21.8. The number of aromatic nitrogens is 2. The third kappa shape index (κ3) is 6.02. The number of amides is 1. The van der Waals surface area contributed by atoms with E-state index in [9.17, 15) is 9.59 Å². The largest absolute Gasteiger partial charge is 0.355 e. The van der Waals surface area contributed by atoms with E-state index in [0.717, 1.165) is 37.9 Å². The fraction of sp³-hybridized carbons (Fsp3) is 0.571. The number of fused-ring (bicyclic) bond motifs is 1. The van der Waals surface area contributed by atoms with E-state index in [4.69, 9.17) is 17.2 Å². The lowest BCUT2D eigenvalue weighted by Crippen LogP contribution is -2.40. The molecule has 2 unspecified atom stereocenters. The van der Waals surface area contributed by atoms with Crippen LogP contribution in [0.15, 0.2) is 28.0 Å². The van der Waals surface area contributed by atoms with Gasteiger partial charge in [0.15, 0.2) is 0 Å². The molecule has 2 saturated heterocycles. The van der Waals surface area contributed by atoms with Crippen LogP contribution in [0.25, 0.3) is 11.7 Å². The number of aryl methyl sites for hydroxylation is 1. The summed E-state index contributed by atoms with van der Waals surface area (Å²) >= 11 is 6.86. The second kappa shape index (κ2) is 11.9. The van der Waals surface area contributed by atoms with Crippen LogP contribution in [0.4, 0.5) is 5.82 Å². The Kier molecular flexibility index (Phi) is 8.88. The van der Waals surface area contributed by atoms with E-state index in [1.54, 1.807) is 15.4 Å². The molecule has 6 nitrogen and oxygen atoms in total. The first-order chi connectivity index (χ1) is 17.3. The topological polar surface area (TPSA) is 57.9 Å². The summed E-state index contributed by atoms with van der Waals surface area (Å²) in [6.45, 7) is 11.0. The van der Waals surface area contributed by atoms with Crippen molar-refractivity contribution in [1.29, 1.82) is 0 Å². The van der Waals surface area contributed by atoms with Gasteiger partial charge in [0.1, 0.15) is 15.8 Å². The summed E-state index contributed by atoms with van der Waals surface area (Å²) in [5.74, 6) is 1.59. The number of unbranched alkanes of at least 4 members (excludes halogenated alkanes) is 5. The molecule has 2 aliphatic rings. The Morgan fingerprint density at radius 3 is 2.50 bits per heavy atom. The molecule has 0 spiro atoms. The zero-order valence-corrected chi connectivity index (χ0v) is 23.6. The predicted molar refractivity (Wildman–Crippen MR) is 155 cm³/mol. The van der Waals surface area contributed by atoms with Crippen molar-refractivity contribution in [3.8, 4) is 0 Å². The number of nitrogens with zero attached hydrogens (tertiary/aromatic N) is 4. The van der Waals surface area contributed by atoms with E-state index in [2.05, 4.69) is 25.7 Å². The number of rotatable bonds is 9. The van der Waals surface area contributed by atoms with E-state index in [0.29, 0.717) is 44.6 Å². The predicted octanol–water partition coefficient (Wildman–Crippen LogP) is 6.05. The maximum absolute atomic E-state index is 13.7. The van der Waals surface area contributed by atoms with E-state index >= 15 is 0 Å². The molecule has 4 heterocycles. The average molecular weight is 527 g/mol. The molecule has 2 aromatic heterocycles. The summed E-state index contributed by atoms with van der Waals surface area (Å²) in [6.07, 6.45) is 11.7. The van der Waals surface area contributed by atoms with Crippen molar-refractivity contribution in [1.82, 2.24) is 14.3 Å². The SMILES string of the molecule is CCCCCCCCN1C(=O)C(=Cc2c(N3CC(C)CC(C)C3)nc3ccc(C)cn3c2=O)SC1=S. The molecule has 4 rings (SSSR count). The fourth-order valence-electron chi connectivity index (χ4n) is 5.32. The summed E-state index contributed by atoms with van der Waals surface area (Å²) in [7, 11) is 0. The highest BCUT2D eigenvalue weighted by Gasteiger charge is 2.33. The number of hydrogen-bond donors (Lipinski definition) is 0. The van der Waals surface area contributed by atoms with E-state index in [1.165, 1.54) is 37.4 Å². The quantitative estimate of drug-likeness (QED) is 0.225. The molecule has 8 heteroatoms. The fourth-order valence-corrected chi connectivity index (χ4v) is 6.61. The molecular weight excluding hydrogens is 488 g/mol. The van der Waals surface area contributed by atoms with Gasteiger partial charge in [-0.15, -0.1) is 0 Å². The Balaban J connectivity index is 1.66. The zero-order chi connectivity index (χ0) is 25.8. The molecule has 2 fully saturated rings. The second-order valence-corrected chi connectivity index (χ2v) is 12.2. The number of piperidine rings is 1. The van der Waals surface area contributed by atoms with Crippen LogP contribution in [0.1, 0.15) is 76.8 Å². The molecule has 194 valence electrons. The van der Waals surface area contributed by atoms with Crippen LogP contribution >= 0.6 is 24.0 Å². The minimum Gasteiger partial charge on any atom is -0.355 e. The molecule has 36 heavy (non-hydrogen) atoms. The minimum absolute atomic E-state index is 0.0985. The molecule has 0 saturated carbocycles. The van der Waals surface area contributed by atoms with Crippen LogP contribution in [0.2, 0.25) is 0 Å². The van der Waals surface area contributed by atoms with Crippen molar-refractivity contribution in [3.63, 3.8) is 0 Å². The number of carbonyl (C=O) groups excluding carboxylic acids is 1. The van der Waals surface area contributed by atoms with Crippen molar-refractivity contribution < 1.29 is 4.79 Å². The smallest absolute Gasteiger partial charge is 0.267 e. The van der Waals surface area contributed by atoms with Gasteiger partial charge in [-0.3, -0.25) is 18.9 Å². The first-order valence-electron chi connectivity index (χ1n) is 13.3. The highest BCUT2D eigenvalue weighted by molar-refractivity contribution is 8.26. The summed E-state index contributed by atoms with van der Waals surface area (Å²) < 4.78 is 2.17. The Morgan fingerprint density at radius 1 is 1.08 bits per heavy atom. The van der Waals surface area contributed by atoms with Crippen molar-refractivity contribution in [2.24, 2.45) is 11.8 Å². The first-order valence-corrected chi connectivity index (χ1v) is 14.5. The zero-order valence-electron chi connectivity index (χ0n) is 22.0. The van der Waals surface area contributed by atoms with E-state index < -0.39 is 0 Å². The van der Waals surface area contributed by atoms with Gasteiger partial charge >= 0.3 is 0 Å². The maximum atomic E-state index is 13.7. The van der Waals surface area contributed by atoms with Gasteiger partial charge in [-0.25, -0.2) is 4.98 Å². The van der Waals surface area contributed by atoms with Gasteiger partial charge in [0.05, 0.1) is 10.5 Å². The number of hydrogen-bond acceptors (Lipinski definition) is 6. The molecular formula is C28H38N4O2S2. The van der Waals surface area contributed by atoms with Crippen LogP contribution in [0, 0.1) is 18.8 Å². The highest BCUT2D eigenvalue weighted by Crippen LogP contribution is 2.35. The van der Waals surface area contributed by atoms with Crippen LogP contribution < -0.4 is 10.5 Å². The van der Waals surface area contributed by atoms with Gasteiger partial charge in [0, 0.05) is 25.8 Å². The number of carbonyl (C=O) groups is 1. The number of pyridine rings is 1. The molecule has 0 bridgehead atoms. The second-order valence-electron chi connectivity index (χ2n) is 10.5. The lowest BCUT2D eigenvalue weighted by atomic mass is 9.91. The first kappa shape index (κ1) is 26.9. The van der Waals surface area contributed by atoms with Crippen LogP contribution in [-0.2, 0) is 4.79 Å². The summed E-state index contributed by atoms with van der Waals surface area (Å²) in [5, 5.41) is 0. The van der Waals surface area contributed by atoms with Gasteiger partial charge in [-0.1, -0.05) is 82.9 Å². The molecule has 2 atom stereocenters. The van der Waals surface area contributed by atoms with Crippen LogP contribution in [0.5, 0.6) is 0 Å². The standard InChI is InChI=1S/C28H38N4O2S2/c1-5-6-7-8-9-10-13-31-27(34)23(36-28(31)35)15-22-25(30-16-20(3)14-21(4)17-30)29-24-12-11-19(2)18-32(24)26(22)33/h11-12,15,18,20-21H,5-10,13-14,16-17H2,1-4H3.